The molecule has 0 unspecified atom stereocenters. The molecule has 6 aromatic carbocycles. The van der Waals surface area contributed by atoms with E-state index in [9.17, 15) is 13.2 Å². The van der Waals surface area contributed by atoms with Crippen LogP contribution in [0.5, 0.6) is 0 Å². The van der Waals surface area contributed by atoms with Crippen molar-refractivity contribution in [3.63, 3.8) is 0 Å². The second kappa shape index (κ2) is 8.42. The van der Waals surface area contributed by atoms with E-state index in [1.54, 1.807) is 30.5 Å². The first kappa shape index (κ1) is 22.5. The Bertz CT molecular complexity index is 2010. The van der Waals surface area contributed by atoms with Crippen molar-refractivity contribution in [3.05, 3.63) is 127 Å². The minimum atomic E-state index is -4.47. The average molecular weight is 500 g/mol. The highest BCUT2D eigenvalue weighted by atomic mass is 19.4. The van der Waals surface area contributed by atoms with Gasteiger partial charge < -0.3 is 0 Å². The number of rotatable bonds is 2. The Balaban J connectivity index is 1.44. The molecule has 0 bridgehead atoms. The van der Waals surface area contributed by atoms with Gasteiger partial charge in [0.25, 0.3) is 0 Å². The molecule has 0 radical (unpaired) electrons. The minimum absolute atomic E-state index is 0.191. The van der Waals surface area contributed by atoms with Gasteiger partial charge in [-0.3, -0.25) is 4.98 Å². The molecule has 182 valence electrons. The zero-order chi connectivity index (χ0) is 25.9. The van der Waals surface area contributed by atoms with Crippen LogP contribution >= 0.6 is 0 Å². The molecule has 0 aliphatic heterocycles. The van der Waals surface area contributed by atoms with Crippen LogP contribution in [0.4, 0.5) is 13.2 Å². The van der Waals surface area contributed by atoms with E-state index in [1.807, 2.05) is 30.3 Å². The second-order valence-electron chi connectivity index (χ2n) is 9.53. The molecular weight excluding hydrogens is 479 g/mol. The van der Waals surface area contributed by atoms with Crippen LogP contribution in [0.2, 0.25) is 0 Å². The Kier molecular flexibility index (Phi) is 4.98. The van der Waals surface area contributed by atoms with Crippen molar-refractivity contribution in [2.45, 2.75) is 6.18 Å². The highest BCUT2D eigenvalue weighted by Crippen LogP contribution is 2.40. The van der Waals surface area contributed by atoms with Crippen LogP contribution in [0.3, 0.4) is 0 Å². The standard InChI is InChI=1S/C34H20F3N/c35-34(36,37)32-20-25(19-23-8-4-5-9-27(23)32)33-31-15-14-28-26-12-10-22(21-6-2-1-3-7-21)18-24(26)11-13-29(28)30(31)16-17-38-33/h1-20H. The molecule has 38 heavy (non-hydrogen) atoms. The number of hydrogen-bond acceptors (Lipinski definition) is 1. The number of alkyl halides is 3. The van der Waals surface area contributed by atoms with Crippen molar-refractivity contribution in [2.24, 2.45) is 0 Å². The molecule has 0 fully saturated rings. The normalized spacial score (nSPS) is 12.1. The summed E-state index contributed by atoms with van der Waals surface area (Å²) in [6.45, 7) is 0. The van der Waals surface area contributed by atoms with Crippen molar-refractivity contribution in [2.75, 3.05) is 0 Å². The van der Waals surface area contributed by atoms with Crippen LogP contribution in [0, 0.1) is 0 Å². The Morgan fingerprint density at radius 3 is 1.92 bits per heavy atom. The highest BCUT2D eigenvalue weighted by Gasteiger charge is 2.33. The number of pyridine rings is 1. The summed E-state index contributed by atoms with van der Waals surface area (Å²) in [5, 5.41) is 6.92. The van der Waals surface area contributed by atoms with Crippen LogP contribution in [-0.4, -0.2) is 4.98 Å². The summed E-state index contributed by atoms with van der Waals surface area (Å²) in [6.07, 6.45) is -2.79. The lowest BCUT2D eigenvalue weighted by molar-refractivity contribution is -0.136. The topological polar surface area (TPSA) is 12.9 Å². The zero-order valence-corrected chi connectivity index (χ0v) is 20.1. The Morgan fingerprint density at radius 2 is 1.08 bits per heavy atom. The molecule has 0 aliphatic rings. The van der Waals surface area contributed by atoms with Gasteiger partial charge in [-0.2, -0.15) is 13.2 Å². The van der Waals surface area contributed by atoms with Gasteiger partial charge in [-0.15, -0.1) is 0 Å². The monoisotopic (exact) mass is 499 g/mol. The van der Waals surface area contributed by atoms with Gasteiger partial charge in [-0.05, 0) is 73.1 Å². The summed E-state index contributed by atoms with van der Waals surface area (Å²) in [4.78, 5) is 4.55. The average Bonchev–Trinajstić information content (AvgIpc) is 2.95. The Hall–Kier alpha value is -4.70. The van der Waals surface area contributed by atoms with E-state index in [1.165, 1.54) is 12.1 Å². The van der Waals surface area contributed by atoms with Gasteiger partial charge >= 0.3 is 6.18 Å². The largest absolute Gasteiger partial charge is 0.417 e. The second-order valence-corrected chi connectivity index (χ2v) is 9.53. The molecule has 1 aromatic heterocycles. The van der Waals surface area contributed by atoms with E-state index in [-0.39, 0.29) is 5.39 Å². The summed E-state index contributed by atoms with van der Waals surface area (Å²) in [5.74, 6) is 0. The van der Waals surface area contributed by atoms with E-state index in [0.717, 1.165) is 43.4 Å². The van der Waals surface area contributed by atoms with Gasteiger partial charge in [0.1, 0.15) is 0 Å². The molecular formula is C34H20F3N. The molecule has 0 spiro atoms. The predicted molar refractivity (Wildman–Crippen MR) is 150 cm³/mol. The number of hydrogen-bond donors (Lipinski definition) is 0. The lowest BCUT2D eigenvalue weighted by Gasteiger charge is -2.15. The molecule has 7 aromatic rings. The SMILES string of the molecule is FC(F)(F)c1cc(-c2nccc3c2ccc2c4ccc(-c5ccccc5)cc4ccc32)cc2ccccc12. The van der Waals surface area contributed by atoms with Gasteiger partial charge in [-0.25, -0.2) is 0 Å². The van der Waals surface area contributed by atoms with Crippen molar-refractivity contribution in [1.29, 1.82) is 0 Å². The minimum Gasteiger partial charge on any atom is -0.256 e. The van der Waals surface area contributed by atoms with Crippen LogP contribution in [0.1, 0.15) is 5.56 Å². The van der Waals surface area contributed by atoms with E-state index < -0.39 is 11.7 Å². The van der Waals surface area contributed by atoms with E-state index >= 15 is 0 Å². The highest BCUT2D eigenvalue weighted by molar-refractivity contribution is 6.19. The molecule has 0 amide bonds. The molecule has 1 nitrogen and oxygen atoms in total. The fourth-order valence-corrected chi connectivity index (χ4v) is 5.53. The van der Waals surface area contributed by atoms with Crippen LogP contribution < -0.4 is 0 Å². The van der Waals surface area contributed by atoms with Gasteiger partial charge in [0, 0.05) is 17.1 Å². The first-order valence-corrected chi connectivity index (χ1v) is 12.4. The molecule has 1 heterocycles. The number of halogens is 3. The van der Waals surface area contributed by atoms with Crippen molar-refractivity contribution < 1.29 is 13.2 Å². The summed E-state index contributed by atoms with van der Waals surface area (Å²) in [7, 11) is 0. The first-order chi connectivity index (χ1) is 18.5. The zero-order valence-electron chi connectivity index (χ0n) is 20.1. The van der Waals surface area contributed by atoms with Gasteiger partial charge in [0.05, 0.1) is 11.3 Å². The van der Waals surface area contributed by atoms with Crippen molar-refractivity contribution in [3.8, 4) is 22.4 Å². The third-order valence-electron chi connectivity index (χ3n) is 7.31. The lowest BCUT2D eigenvalue weighted by Crippen LogP contribution is -2.06. The van der Waals surface area contributed by atoms with Crippen LogP contribution in [0.15, 0.2) is 121 Å². The molecule has 0 atom stereocenters. The molecule has 0 aliphatic carbocycles. The summed E-state index contributed by atoms with van der Waals surface area (Å²) < 4.78 is 42.0. The van der Waals surface area contributed by atoms with Gasteiger partial charge in [0.2, 0.25) is 0 Å². The Morgan fingerprint density at radius 1 is 0.447 bits per heavy atom. The summed E-state index contributed by atoms with van der Waals surface area (Å²) in [5.41, 5.74) is 2.67. The summed E-state index contributed by atoms with van der Waals surface area (Å²) >= 11 is 0. The maximum atomic E-state index is 14.0. The fraction of sp³-hybridized carbons (Fsp3) is 0.0294. The third kappa shape index (κ3) is 3.60. The maximum Gasteiger partial charge on any atom is 0.417 e. The van der Waals surface area contributed by atoms with Crippen LogP contribution in [-0.2, 0) is 6.18 Å². The Labute approximate surface area is 216 Å². The number of fused-ring (bicyclic) bond motifs is 6. The number of aromatic nitrogens is 1. The molecule has 0 N–H and O–H groups in total. The van der Waals surface area contributed by atoms with E-state index in [2.05, 4.69) is 53.5 Å². The smallest absolute Gasteiger partial charge is 0.256 e. The van der Waals surface area contributed by atoms with Gasteiger partial charge in [0.15, 0.2) is 0 Å². The third-order valence-corrected chi connectivity index (χ3v) is 7.31. The van der Waals surface area contributed by atoms with E-state index in [0.29, 0.717) is 16.6 Å². The molecule has 7 rings (SSSR count). The quantitative estimate of drug-likeness (QED) is 0.216. The van der Waals surface area contributed by atoms with Crippen LogP contribution in [0.25, 0.3) is 65.5 Å². The molecule has 4 heteroatoms. The first-order valence-electron chi connectivity index (χ1n) is 12.4. The number of nitrogens with zero attached hydrogens (tertiary/aromatic N) is 1. The predicted octanol–water partition coefficient (Wildman–Crippen LogP) is 10.0. The molecule has 0 saturated heterocycles. The fourth-order valence-electron chi connectivity index (χ4n) is 5.53. The maximum absolute atomic E-state index is 14.0. The number of benzene rings is 6. The lowest BCUT2D eigenvalue weighted by atomic mass is 9.92. The van der Waals surface area contributed by atoms with Crippen molar-refractivity contribution >= 4 is 43.1 Å². The van der Waals surface area contributed by atoms with Gasteiger partial charge in [-0.1, -0.05) is 91.0 Å². The van der Waals surface area contributed by atoms with Crippen molar-refractivity contribution in [1.82, 2.24) is 4.98 Å². The summed E-state index contributed by atoms with van der Waals surface area (Å²) in [6, 6.07) is 36.6. The molecule has 0 saturated carbocycles. The van der Waals surface area contributed by atoms with E-state index in [4.69, 9.17) is 0 Å².